The van der Waals surface area contributed by atoms with Crippen molar-refractivity contribution in [2.45, 2.75) is 38.0 Å². The first-order valence-corrected chi connectivity index (χ1v) is 9.54. The smallest absolute Gasteiger partial charge is 0.329 e. The third kappa shape index (κ3) is 4.44. The minimum absolute atomic E-state index is 0.0178. The van der Waals surface area contributed by atoms with Crippen molar-refractivity contribution in [3.63, 3.8) is 0 Å². The summed E-state index contributed by atoms with van der Waals surface area (Å²) in [5.74, 6) is -4.38. The Balaban J connectivity index is 1.87. The highest BCUT2D eigenvalue weighted by Crippen LogP contribution is 2.33. The van der Waals surface area contributed by atoms with Crippen LogP contribution in [0.1, 0.15) is 35.5 Å². The van der Waals surface area contributed by atoms with Crippen LogP contribution in [0.2, 0.25) is 0 Å². The zero-order valence-corrected chi connectivity index (χ0v) is 17.6. The van der Waals surface area contributed by atoms with Crippen molar-refractivity contribution in [1.82, 2.24) is 14.7 Å². The molecule has 1 unspecified atom stereocenters. The molecule has 0 saturated heterocycles. The first-order valence-electron chi connectivity index (χ1n) is 9.54. The first-order chi connectivity index (χ1) is 15.0. The van der Waals surface area contributed by atoms with Crippen LogP contribution in [0.25, 0.3) is 5.65 Å². The van der Waals surface area contributed by atoms with Crippen molar-refractivity contribution < 1.29 is 27.4 Å². The van der Waals surface area contributed by atoms with Gasteiger partial charge in [-0.3, -0.25) is 10.1 Å². The number of imidazole rings is 1. The second-order valence-electron chi connectivity index (χ2n) is 7.56. The van der Waals surface area contributed by atoms with E-state index in [1.165, 1.54) is 34.9 Å². The molecular weight excluding hydrogens is 425 g/mol. The number of rotatable bonds is 7. The topological polar surface area (TPSA) is 88.7 Å². The SMILES string of the molecule is COC(NC(=O)c1ccccc1)(OCc1cnc2cc(C(C)(C)C#N)ccn12)C(F)(F)F. The molecule has 3 rings (SSSR count). The van der Waals surface area contributed by atoms with E-state index >= 15 is 0 Å². The van der Waals surface area contributed by atoms with E-state index in [9.17, 15) is 23.2 Å². The van der Waals surface area contributed by atoms with Crippen LogP contribution in [0, 0.1) is 11.3 Å². The number of benzene rings is 1. The molecule has 0 aliphatic rings. The number of pyridine rings is 1. The monoisotopic (exact) mass is 446 g/mol. The summed E-state index contributed by atoms with van der Waals surface area (Å²) < 4.78 is 53.0. The molecule has 1 aromatic carbocycles. The molecule has 0 bridgehead atoms. The summed E-state index contributed by atoms with van der Waals surface area (Å²) in [4.78, 5) is 16.6. The number of nitriles is 1. The fraction of sp³-hybridized carbons (Fsp3) is 0.318. The summed E-state index contributed by atoms with van der Waals surface area (Å²) in [6.45, 7) is 2.93. The molecule has 0 spiro atoms. The molecule has 2 heterocycles. The number of amides is 1. The highest BCUT2D eigenvalue weighted by molar-refractivity contribution is 5.94. The number of hydrogen-bond acceptors (Lipinski definition) is 5. The van der Waals surface area contributed by atoms with Crippen molar-refractivity contribution in [3.8, 4) is 6.07 Å². The van der Waals surface area contributed by atoms with Gasteiger partial charge in [0.15, 0.2) is 0 Å². The molecule has 0 aliphatic carbocycles. The first kappa shape index (κ1) is 23.2. The Morgan fingerprint density at radius 3 is 2.50 bits per heavy atom. The van der Waals surface area contributed by atoms with E-state index in [1.54, 1.807) is 38.2 Å². The van der Waals surface area contributed by atoms with Crippen molar-refractivity contribution >= 4 is 11.6 Å². The lowest BCUT2D eigenvalue weighted by Gasteiger charge is -2.34. The standard InChI is InChI=1S/C22H21F3N4O3/c1-20(2,14-26)16-9-10-29-17(12-27-18(29)11-16)13-32-22(31-3,21(23,24)25)28-19(30)15-7-5-4-6-8-15/h4-12H,13H2,1-3H3,(H,28,30). The van der Waals surface area contributed by atoms with Crippen LogP contribution in [0.4, 0.5) is 13.2 Å². The number of alkyl halides is 3. The molecular formula is C22H21F3N4O3. The van der Waals surface area contributed by atoms with Gasteiger partial charge in [0, 0.05) is 18.9 Å². The third-order valence-corrected chi connectivity index (χ3v) is 4.99. The number of ether oxygens (including phenoxy) is 2. The maximum Gasteiger partial charge on any atom is 0.465 e. The Bertz CT molecular complexity index is 1150. The Hall–Kier alpha value is -3.42. The highest BCUT2D eigenvalue weighted by atomic mass is 19.4. The molecule has 168 valence electrons. The minimum atomic E-state index is -5.07. The number of nitrogens with one attached hydrogen (secondary N) is 1. The van der Waals surface area contributed by atoms with E-state index in [1.807, 2.05) is 5.32 Å². The van der Waals surface area contributed by atoms with Gasteiger partial charge < -0.3 is 13.9 Å². The van der Waals surface area contributed by atoms with Gasteiger partial charge in [0.1, 0.15) is 5.65 Å². The number of hydrogen-bond donors (Lipinski definition) is 1. The molecule has 0 saturated carbocycles. The van der Waals surface area contributed by atoms with Gasteiger partial charge in [0.25, 0.3) is 5.91 Å². The molecule has 0 radical (unpaired) electrons. The van der Waals surface area contributed by atoms with Crippen LogP contribution in [0.3, 0.4) is 0 Å². The van der Waals surface area contributed by atoms with Crippen LogP contribution in [0.5, 0.6) is 0 Å². The lowest BCUT2D eigenvalue weighted by molar-refractivity contribution is -0.386. The summed E-state index contributed by atoms with van der Waals surface area (Å²) in [7, 11) is 0.795. The van der Waals surface area contributed by atoms with Crippen molar-refractivity contribution in [3.05, 3.63) is 71.7 Å². The number of fused-ring (bicyclic) bond motifs is 1. The van der Waals surface area contributed by atoms with Gasteiger partial charge in [-0.2, -0.15) is 18.4 Å². The second-order valence-corrected chi connectivity index (χ2v) is 7.56. The molecule has 7 nitrogen and oxygen atoms in total. The molecule has 1 amide bonds. The largest absolute Gasteiger partial charge is 0.465 e. The normalized spacial score (nSPS) is 14.0. The number of nitrogens with zero attached hydrogens (tertiary/aromatic N) is 3. The van der Waals surface area contributed by atoms with Gasteiger partial charge in [-0.25, -0.2) is 4.98 Å². The summed E-state index contributed by atoms with van der Waals surface area (Å²) in [6, 6.07) is 13.0. The quantitative estimate of drug-likeness (QED) is 0.556. The molecule has 10 heteroatoms. The summed E-state index contributed by atoms with van der Waals surface area (Å²) in [5.41, 5.74) is 0.702. The van der Waals surface area contributed by atoms with Crippen LogP contribution < -0.4 is 5.32 Å². The second kappa shape index (κ2) is 8.61. The van der Waals surface area contributed by atoms with Crippen molar-refractivity contribution in [2.24, 2.45) is 0 Å². The van der Waals surface area contributed by atoms with E-state index in [2.05, 4.69) is 15.8 Å². The Kier molecular flexibility index (Phi) is 6.25. The zero-order valence-electron chi connectivity index (χ0n) is 17.6. The summed E-state index contributed by atoms with van der Waals surface area (Å²) in [5, 5.41) is 11.1. The molecule has 1 N–H and O–H groups in total. The summed E-state index contributed by atoms with van der Waals surface area (Å²) >= 11 is 0. The number of carbonyl (C=O) groups is 1. The van der Waals surface area contributed by atoms with Crippen molar-refractivity contribution in [2.75, 3.05) is 7.11 Å². The van der Waals surface area contributed by atoms with Crippen LogP contribution in [-0.4, -0.2) is 34.5 Å². The van der Waals surface area contributed by atoms with E-state index < -0.39 is 30.0 Å². The number of methoxy groups -OCH3 is 1. The highest BCUT2D eigenvalue weighted by Gasteiger charge is 2.59. The molecule has 0 fully saturated rings. The zero-order chi connectivity index (χ0) is 23.6. The van der Waals surface area contributed by atoms with Gasteiger partial charge in [-0.1, -0.05) is 18.2 Å². The average Bonchev–Trinajstić information content (AvgIpc) is 3.18. The van der Waals surface area contributed by atoms with Gasteiger partial charge in [-0.15, -0.1) is 0 Å². The van der Waals surface area contributed by atoms with E-state index in [-0.39, 0.29) is 5.56 Å². The van der Waals surface area contributed by atoms with Gasteiger partial charge >= 0.3 is 12.1 Å². The maximum atomic E-state index is 13.9. The van der Waals surface area contributed by atoms with Gasteiger partial charge in [-0.05, 0) is 43.7 Å². The number of aromatic nitrogens is 2. The number of halogens is 3. The fourth-order valence-electron chi connectivity index (χ4n) is 2.99. The molecule has 1 atom stereocenters. The molecule has 2 aromatic heterocycles. The van der Waals surface area contributed by atoms with E-state index in [4.69, 9.17) is 4.74 Å². The minimum Gasteiger partial charge on any atom is -0.329 e. The molecule has 3 aromatic rings. The van der Waals surface area contributed by atoms with E-state index in [0.29, 0.717) is 16.9 Å². The number of carbonyl (C=O) groups excluding carboxylic acids is 1. The Morgan fingerprint density at radius 1 is 1.22 bits per heavy atom. The molecule has 0 aliphatic heterocycles. The van der Waals surface area contributed by atoms with Crippen molar-refractivity contribution in [1.29, 1.82) is 5.26 Å². The Labute approximate surface area is 182 Å². The third-order valence-electron chi connectivity index (χ3n) is 4.99. The summed E-state index contributed by atoms with van der Waals surface area (Å²) in [6.07, 6.45) is -2.12. The van der Waals surface area contributed by atoms with Crippen LogP contribution in [-0.2, 0) is 21.5 Å². The average molecular weight is 446 g/mol. The lowest BCUT2D eigenvalue weighted by atomic mass is 9.87. The van der Waals surface area contributed by atoms with E-state index in [0.717, 1.165) is 7.11 Å². The predicted octanol–water partition coefficient (Wildman–Crippen LogP) is 3.94. The van der Waals surface area contributed by atoms with Gasteiger partial charge in [0.2, 0.25) is 0 Å². The fourth-order valence-corrected chi connectivity index (χ4v) is 2.99. The molecule has 32 heavy (non-hydrogen) atoms. The lowest BCUT2D eigenvalue weighted by Crippen LogP contribution is -2.62. The maximum absolute atomic E-state index is 13.9. The van der Waals surface area contributed by atoms with Crippen LogP contribution >= 0.6 is 0 Å². The predicted molar refractivity (Wildman–Crippen MR) is 108 cm³/mol. The van der Waals surface area contributed by atoms with Gasteiger partial charge in [0.05, 0.1) is 30.0 Å². The Morgan fingerprint density at radius 2 is 1.91 bits per heavy atom. The van der Waals surface area contributed by atoms with Crippen LogP contribution in [0.15, 0.2) is 54.9 Å².